The number of hydrogen-bond donors (Lipinski definition) is 2. The molecule has 3 rings (SSSR count). The zero-order valence-corrected chi connectivity index (χ0v) is 15.5. The molecule has 2 amide bonds. The highest BCUT2D eigenvalue weighted by molar-refractivity contribution is 8.00. The predicted molar refractivity (Wildman–Crippen MR) is 105 cm³/mol. The molecule has 0 saturated heterocycles. The lowest BCUT2D eigenvalue weighted by Gasteiger charge is -2.11. The highest BCUT2D eigenvalue weighted by Crippen LogP contribution is 2.23. The van der Waals surface area contributed by atoms with Crippen LogP contribution in [0, 0.1) is 5.82 Å². The Morgan fingerprint density at radius 3 is 2.52 bits per heavy atom. The number of carbonyl (C=O) groups excluding carboxylic acids is 2. The van der Waals surface area contributed by atoms with Crippen LogP contribution in [-0.4, -0.2) is 23.3 Å². The smallest absolute Gasteiger partial charge is 0.234 e. The Morgan fingerprint density at radius 2 is 1.78 bits per heavy atom. The highest BCUT2D eigenvalue weighted by Gasteiger charge is 2.14. The van der Waals surface area contributed by atoms with Crippen molar-refractivity contribution in [2.45, 2.75) is 13.0 Å². The topological polar surface area (TPSA) is 71.3 Å². The summed E-state index contributed by atoms with van der Waals surface area (Å²) in [6, 6.07) is 14.8. The molecular formula is C20H19FN2O3S. The second kappa shape index (κ2) is 8.73. The van der Waals surface area contributed by atoms with E-state index in [0.29, 0.717) is 11.4 Å². The average molecular weight is 386 g/mol. The van der Waals surface area contributed by atoms with Gasteiger partial charge in [0.15, 0.2) is 0 Å². The van der Waals surface area contributed by atoms with Gasteiger partial charge in [-0.05, 0) is 43.3 Å². The number of fused-ring (bicyclic) bond motifs is 1. The number of benzene rings is 2. The Kier molecular flexibility index (Phi) is 6.13. The first-order valence-corrected chi connectivity index (χ1v) is 9.58. The second-order valence-electron chi connectivity index (χ2n) is 6.02. The average Bonchev–Trinajstić information content (AvgIpc) is 3.08. The van der Waals surface area contributed by atoms with Gasteiger partial charge in [-0.15, -0.1) is 11.8 Å². The summed E-state index contributed by atoms with van der Waals surface area (Å²) in [5, 5.41) is 6.50. The Morgan fingerprint density at radius 1 is 1.07 bits per heavy atom. The van der Waals surface area contributed by atoms with E-state index >= 15 is 0 Å². The van der Waals surface area contributed by atoms with Crippen LogP contribution in [0.15, 0.2) is 59.0 Å². The standard InChI is InChI=1S/C20H19FN2O3S/c1-13(18-10-14-4-2-3-5-17(14)26-18)22-19(24)11-27-12-20(25)23-16-8-6-15(21)7-9-16/h2-10,13H,11-12H2,1H3,(H,22,24)(H,23,25). The third-order valence-corrected chi connectivity index (χ3v) is 4.78. The molecule has 1 atom stereocenters. The van der Waals surface area contributed by atoms with Gasteiger partial charge < -0.3 is 15.1 Å². The number of nitrogens with one attached hydrogen (secondary N) is 2. The summed E-state index contributed by atoms with van der Waals surface area (Å²) in [6.07, 6.45) is 0. The molecule has 0 aliphatic carbocycles. The lowest BCUT2D eigenvalue weighted by Crippen LogP contribution is -2.28. The Hall–Kier alpha value is -2.80. The zero-order valence-electron chi connectivity index (χ0n) is 14.7. The van der Waals surface area contributed by atoms with Crippen LogP contribution in [0.2, 0.25) is 0 Å². The molecule has 7 heteroatoms. The molecule has 0 saturated carbocycles. The summed E-state index contributed by atoms with van der Waals surface area (Å²) < 4.78 is 18.6. The molecule has 0 aliphatic rings. The largest absolute Gasteiger partial charge is 0.459 e. The highest BCUT2D eigenvalue weighted by atomic mass is 32.2. The Labute approximate surface area is 160 Å². The monoisotopic (exact) mass is 386 g/mol. The van der Waals surface area contributed by atoms with Gasteiger partial charge in [0.2, 0.25) is 11.8 Å². The van der Waals surface area contributed by atoms with E-state index in [1.807, 2.05) is 37.3 Å². The maximum atomic E-state index is 12.8. The fraction of sp³-hybridized carbons (Fsp3) is 0.200. The first-order chi connectivity index (χ1) is 13.0. The molecule has 1 aromatic heterocycles. The van der Waals surface area contributed by atoms with Crippen LogP contribution >= 0.6 is 11.8 Å². The fourth-order valence-electron chi connectivity index (χ4n) is 2.54. The van der Waals surface area contributed by atoms with Crippen LogP contribution in [0.4, 0.5) is 10.1 Å². The third kappa shape index (κ3) is 5.34. The number of amides is 2. The number of carbonyl (C=O) groups is 2. The number of hydrogen-bond acceptors (Lipinski definition) is 4. The molecule has 0 fully saturated rings. The van der Waals surface area contributed by atoms with Crippen molar-refractivity contribution in [3.63, 3.8) is 0 Å². The molecule has 3 aromatic rings. The van der Waals surface area contributed by atoms with Gasteiger partial charge in [-0.3, -0.25) is 9.59 Å². The van der Waals surface area contributed by atoms with E-state index in [1.54, 1.807) is 0 Å². The molecule has 2 N–H and O–H groups in total. The van der Waals surface area contributed by atoms with Gasteiger partial charge in [-0.2, -0.15) is 0 Å². The molecule has 27 heavy (non-hydrogen) atoms. The minimum atomic E-state index is -0.363. The maximum Gasteiger partial charge on any atom is 0.234 e. The molecule has 0 aliphatic heterocycles. The van der Waals surface area contributed by atoms with Crippen LogP contribution in [0.1, 0.15) is 18.7 Å². The molecule has 1 unspecified atom stereocenters. The van der Waals surface area contributed by atoms with Crippen LogP contribution in [0.3, 0.4) is 0 Å². The van der Waals surface area contributed by atoms with Gasteiger partial charge >= 0.3 is 0 Å². The normalized spacial score (nSPS) is 11.9. The van der Waals surface area contributed by atoms with E-state index in [4.69, 9.17) is 4.42 Å². The summed E-state index contributed by atoms with van der Waals surface area (Å²) in [6.45, 7) is 1.85. The molecule has 140 valence electrons. The third-order valence-electron chi connectivity index (χ3n) is 3.84. The number of furan rings is 1. The van der Waals surface area contributed by atoms with Gasteiger partial charge in [-0.1, -0.05) is 18.2 Å². The zero-order chi connectivity index (χ0) is 19.2. The van der Waals surface area contributed by atoms with Crippen molar-refractivity contribution in [2.75, 3.05) is 16.8 Å². The van der Waals surface area contributed by atoms with E-state index in [9.17, 15) is 14.0 Å². The second-order valence-corrected chi connectivity index (χ2v) is 7.01. The number of thioether (sulfide) groups is 1. The fourth-order valence-corrected chi connectivity index (χ4v) is 3.17. The quantitative estimate of drug-likeness (QED) is 0.641. The van der Waals surface area contributed by atoms with Crippen molar-refractivity contribution in [2.24, 2.45) is 0 Å². The van der Waals surface area contributed by atoms with Crippen LogP contribution in [0.25, 0.3) is 11.0 Å². The summed E-state index contributed by atoms with van der Waals surface area (Å²) in [7, 11) is 0. The number of halogens is 1. The lowest BCUT2D eigenvalue weighted by molar-refractivity contribution is -0.119. The van der Waals surface area contributed by atoms with E-state index in [2.05, 4.69) is 10.6 Å². The molecular weight excluding hydrogens is 367 g/mol. The van der Waals surface area contributed by atoms with Crippen molar-refractivity contribution in [1.82, 2.24) is 5.32 Å². The summed E-state index contributed by atoms with van der Waals surface area (Å²) >= 11 is 1.21. The van der Waals surface area contributed by atoms with Gasteiger partial charge in [0.1, 0.15) is 17.2 Å². The molecule has 0 radical (unpaired) electrons. The van der Waals surface area contributed by atoms with Crippen molar-refractivity contribution >= 4 is 40.2 Å². The van der Waals surface area contributed by atoms with Crippen molar-refractivity contribution in [1.29, 1.82) is 0 Å². The summed E-state index contributed by atoms with van der Waals surface area (Å²) in [5.74, 6) is 0.180. The van der Waals surface area contributed by atoms with E-state index in [-0.39, 0.29) is 35.2 Å². The number of anilines is 1. The van der Waals surface area contributed by atoms with Gasteiger partial charge in [-0.25, -0.2) is 4.39 Å². The Bertz CT molecular complexity index is 907. The van der Waals surface area contributed by atoms with Crippen molar-refractivity contribution in [3.8, 4) is 0 Å². The summed E-state index contributed by atoms with van der Waals surface area (Å²) in [4.78, 5) is 23.9. The molecule has 0 spiro atoms. The minimum Gasteiger partial charge on any atom is -0.459 e. The maximum absolute atomic E-state index is 12.8. The van der Waals surface area contributed by atoms with Crippen molar-refractivity contribution < 1.29 is 18.4 Å². The van der Waals surface area contributed by atoms with Gasteiger partial charge in [0.25, 0.3) is 0 Å². The predicted octanol–water partition coefficient (Wildman–Crippen LogP) is 4.12. The Balaban J connectivity index is 1.42. The van der Waals surface area contributed by atoms with Crippen LogP contribution in [0.5, 0.6) is 0 Å². The molecule has 0 bridgehead atoms. The van der Waals surface area contributed by atoms with Crippen LogP contribution < -0.4 is 10.6 Å². The van der Waals surface area contributed by atoms with E-state index < -0.39 is 0 Å². The lowest BCUT2D eigenvalue weighted by atomic mass is 10.2. The molecule has 1 heterocycles. The molecule has 5 nitrogen and oxygen atoms in total. The first-order valence-electron chi connectivity index (χ1n) is 8.42. The van der Waals surface area contributed by atoms with E-state index in [0.717, 1.165) is 11.0 Å². The van der Waals surface area contributed by atoms with Gasteiger partial charge in [0, 0.05) is 11.1 Å². The van der Waals surface area contributed by atoms with Crippen LogP contribution in [-0.2, 0) is 9.59 Å². The van der Waals surface area contributed by atoms with Crippen molar-refractivity contribution in [3.05, 3.63) is 66.2 Å². The number of rotatable bonds is 7. The van der Waals surface area contributed by atoms with E-state index in [1.165, 1.54) is 36.0 Å². The van der Waals surface area contributed by atoms with Gasteiger partial charge in [0.05, 0.1) is 17.5 Å². The number of para-hydroxylation sites is 1. The first kappa shape index (κ1) is 19.0. The molecule has 2 aromatic carbocycles. The SMILES string of the molecule is CC(NC(=O)CSCC(=O)Nc1ccc(F)cc1)c1cc2ccccc2o1. The minimum absolute atomic E-state index is 0.129. The summed E-state index contributed by atoms with van der Waals surface area (Å²) in [5.41, 5.74) is 1.30.